The van der Waals surface area contributed by atoms with Gasteiger partial charge in [0.05, 0.1) is 0 Å². The summed E-state index contributed by atoms with van der Waals surface area (Å²) in [6.07, 6.45) is 5.93. The monoisotopic (exact) mass is 250 g/mol. The zero-order valence-electron chi connectivity index (χ0n) is 11.2. The number of hydrogen-bond donors (Lipinski definition) is 1. The molecule has 2 aliphatic carbocycles. The molecule has 1 aliphatic heterocycles. The largest absolute Gasteiger partial charge is 0.342 e. The molecule has 4 nitrogen and oxygen atoms in total. The van der Waals surface area contributed by atoms with E-state index in [0.29, 0.717) is 5.92 Å². The summed E-state index contributed by atoms with van der Waals surface area (Å²) in [4.78, 5) is 27.1. The average molecular weight is 250 g/mol. The Morgan fingerprint density at radius 3 is 2.33 bits per heavy atom. The van der Waals surface area contributed by atoms with Crippen LogP contribution in [-0.2, 0) is 9.59 Å². The molecule has 3 aliphatic rings. The van der Waals surface area contributed by atoms with Gasteiger partial charge in [-0.3, -0.25) is 9.59 Å². The first kappa shape index (κ1) is 12.0. The van der Waals surface area contributed by atoms with Crippen LogP contribution in [0.5, 0.6) is 0 Å². The second-order valence-corrected chi connectivity index (χ2v) is 6.33. The second kappa shape index (κ2) is 3.97. The predicted molar refractivity (Wildman–Crippen MR) is 67.8 cm³/mol. The van der Waals surface area contributed by atoms with E-state index in [-0.39, 0.29) is 23.9 Å². The number of carbonyl (C=O) groups is 2. The number of nitrogens with zero attached hydrogens (tertiary/aromatic N) is 1. The first-order valence-corrected chi connectivity index (χ1v) is 7.20. The summed E-state index contributed by atoms with van der Waals surface area (Å²) in [7, 11) is 0. The van der Waals surface area contributed by atoms with Gasteiger partial charge in [0.15, 0.2) is 0 Å². The van der Waals surface area contributed by atoms with Crippen molar-refractivity contribution in [2.75, 3.05) is 0 Å². The lowest BCUT2D eigenvalue weighted by atomic mass is 9.87. The molecule has 100 valence electrons. The highest BCUT2D eigenvalue weighted by molar-refractivity contribution is 6.00. The molecule has 1 saturated heterocycles. The van der Waals surface area contributed by atoms with Gasteiger partial charge in [-0.25, -0.2) is 0 Å². The molecule has 1 N–H and O–H groups in total. The van der Waals surface area contributed by atoms with E-state index in [4.69, 9.17) is 0 Å². The molecule has 4 heteroatoms. The number of rotatable bonds is 2. The van der Waals surface area contributed by atoms with Gasteiger partial charge < -0.3 is 10.2 Å². The van der Waals surface area contributed by atoms with Gasteiger partial charge in [0.2, 0.25) is 11.8 Å². The summed E-state index contributed by atoms with van der Waals surface area (Å²) in [6, 6.07) is -0.131. The van der Waals surface area contributed by atoms with E-state index in [1.54, 1.807) is 0 Å². The van der Waals surface area contributed by atoms with Crippen LogP contribution in [0.2, 0.25) is 0 Å². The minimum Gasteiger partial charge on any atom is -0.342 e. The number of piperazine rings is 1. The van der Waals surface area contributed by atoms with Gasteiger partial charge in [-0.05, 0) is 45.4 Å². The molecule has 1 unspecified atom stereocenters. The Kier molecular flexibility index (Phi) is 2.65. The number of amides is 2. The van der Waals surface area contributed by atoms with Crippen molar-refractivity contribution in [2.24, 2.45) is 5.92 Å². The molecule has 0 aromatic carbocycles. The minimum atomic E-state index is -0.531. The van der Waals surface area contributed by atoms with Crippen molar-refractivity contribution < 1.29 is 9.59 Å². The Bertz CT molecular complexity index is 381. The first-order chi connectivity index (χ1) is 8.56. The van der Waals surface area contributed by atoms with Crippen molar-refractivity contribution in [1.29, 1.82) is 0 Å². The van der Waals surface area contributed by atoms with E-state index >= 15 is 0 Å². The van der Waals surface area contributed by atoms with E-state index in [1.807, 2.05) is 18.7 Å². The Labute approximate surface area is 108 Å². The average Bonchev–Trinajstić information content (AvgIpc) is 3.04. The number of nitrogens with one attached hydrogen (secondary N) is 1. The molecule has 0 aromatic heterocycles. The van der Waals surface area contributed by atoms with Crippen LogP contribution in [0.1, 0.15) is 52.4 Å². The molecular formula is C14H22N2O2. The van der Waals surface area contributed by atoms with Crippen LogP contribution in [0, 0.1) is 5.92 Å². The standard InChI is InChI=1S/C14H22N2O2/c1-9(2)16-12(17)11(10-5-6-10)15-13(18)14(16)7-3-4-8-14/h9-11H,3-8H2,1-2H3,(H,15,18). The summed E-state index contributed by atoms with van der Waals surface area (Å²) >= 11 is 0. The Balaban J connectivity index is 1.95. The van der Waals surface area contributed by atoms with Gasteiger partial charge in [0.25, 0.3) is 0 Å². The van der Waals surface area contributed by atoms with E-state index in [9.17, 15) is 9.59 Å². The van der Waals surface area contributed by atoms with Crippen LogP contribution in [0.15, 0.2) is 0 Å². The minimum absolute atomic E-state index is 0.102. The molecule has 3 rings (SSSR count). The van der Waals surface area contributed by atoms with Crippen molar-refractivity contribution in [3.05, 3.63) is 0 Å². The highest BCUT2D eigenvalue weighted by Gasteiger charge is 2.56. The molecule has 2 saturated carbocycles. The van der Waals surface area contributed by atoms with E-state index in [0.717, 1.165) is 38.5 Å². The predicted octanol–water partition coefficient (Wildman–Crippen LogP) is 1.44. The van der Waals surface area contributed by atoms with Gasteiger partial charge >= 0.3 is 0 Å². The maximum atomic E-state index is 12.7. The normalized spacial score (nSPS) is 31.3. The van der Waals surface area contributed by atoms with E-state index < -0.39 is 5.54 Å². The number of carbonyl (C=O) groups excluding carboxylic acids is 2. The molecular weight excluding hydrogens is 228 g/mol. The summed E-state index contributed by atoms with van der Waals surface area (Å²) in [6.45, 7) is 4.06. The molecule has 1 atom stereocenters. The summed E-state index contributed by atoms with van der Waals surface area (Å²) in [5, 5.41) is 3.02. The fraction of sp³-hybridized carbons (Fsp3) is 0.857. The molecule has 0 radical (unpaired) electrons. The van der Waals surface area contributed by atoms with E-state index in [2.05, 4.69) is 5.32 Å². The van der Waals surface area contributed by atoms with Gasteiger partial charge in [-0.15, -0.1) is 0 Å². The van der Waals surface area contributed by atoms with Crippen LogP contribution >= 0.6 is 0 Å². The SMILES string of the molecule is CC(C)N1C(=O)C(C2CC2)NC(=O)C12CCCC2. The maximum absolute atomic E-state index is 12.7. The fourth-order valence-corrected chi connectivity index (χ4v) is 3.73. The van der Waals surface area contributed by atoms with Gasteiger partial charge in [-0.1, -0.05) is 12.8 Å². The summed E-state index contributed by atoms with van der Waals surface area (Å²) in [5.74, 6) is 0.653. The lowest BCUT2D eigenvalue weighted by Gasteiger charge is -2.48. The fourth-order valence-electron chi connectivity index (χ4n) is 3.73. The summed E-state index contributed by atoms with van der Waals surface area (Å²) in [5.41, 5.74) is -0.531. The zero-order chi connectivity index (χ0) is 12.9. The van der Waals surface area contributed by atoms with Crippen LogP contribution in [0.3, 0.4) is 0 Å². The molecule has 0 bridgehead atoms. The van der Waals surface area contributed by atoms with Crippen LogP contribution < -0.4 is 5.32 Å². The van der Waals surface area contributed by atoms with E-state index in [1.165, 1.54) is 0 Å². The van der Waals surface area contributed by atoms with Gasteiger partial charge in [0.1, 0.15) is 11.6 Å². The summed E-state index contributed by atoms with van der Waals surface area (Å²) < 4.78 is 0. The maximum Gasteiger partial charge on any atom is 0.246 e. The van der Waals surface area contributed by atoms with Crippen molar-refractivity contribution in [3.63, 3.8) is 0 Å². The molecule has 1 heterocycles. The van der Waals surface area contributed by atoms with Crippen LogP contribution in [-0.4, -0.2) is 34.3 Å². The van der Waals surface area contributed by atoms with Crippen LogP contribution in [0.4, 0.5) is 0 Å². The highest BCUT2D eigenvalue weighted by atomic mass is 16.2. The van der Waals surface area contributed by atoms with Gasteiger partial charge in [0, 0.05) is 6.04 Å². The Hall–Kier alpha value is -1.06. The van der Waals surface area contributed by atoms with Crippen molar-refractivity contribution >= 4 is 11.8 Å². The molecule has 18 heavy (non-hydrogen) atoms. The van der Waals surface area contributed by atoms with Crippen molar-refractivity contribution in [3.8, 4) is 0 Å². The molecule has 3 fully saturated rings. The third kappa shape index (κ3) is 1.57. The second-order valence-electron chi connectivity index (χ2n) is 6.33. The van der Waals surface area contributed by atoms with Crippen molar-refractivity contribution in [2.45, 2.75) is 70.0 Å². The smallest absolute Gasteiger partial charge is 0.246 e. The first-order valence-electron chi connectivity index (χ1n) is 7.20. The van der Waals surface area contributed by atoms with Gasteiger partial charge in [-0.2, -0.15) is 0 Å². The quantitative estimate of drug-likeness (QED) is 0.806. The third-order valence-corrected chi connectivity index (χ3v) is 4.71. The lowest BCUT2D eigenvalue weighted by Crippen LogP contribution is -2.71. The Morgan fingerprint density at radius 1 is 1.22 bits per heavy atom. The van der Waals surface area contributed by atoms with Crippen molar-refractivity contribution in [1.82, 2.24) is 10.2 Å². The molecule has 2 amide bonds. The lowest BCUT2D eigenvalue weighted by molar-refractivity contribution is -0.160. The highest BCUT2D eigenvalue weighted by Crippen LogP contribution is 2.43. The van der Waals surface area contributed by atoms with Crippen LogP contribution in [0.25, 0.3) is 0 Å². The zero-order valence-corrected chi connectivity index (χ0v) is 11.2. The Morgan fingerprint density at radius 2 is 1.83 bits per heavy atom. The molecule has 1 spiro atoms. The third-order valence-electron chi connectivity index (χ3n) is 4.71. The number of hydrogen-bond acceptors (Lipinski definition) is 2. The molecule has 0 aromatic rings. The topological polar surface area (TPSA) is 49.4 Å².